The number of ether oxygens (including phenoxy) is 2. The molecule has 0 bridgehead atoms. The Balaban J connectivity index is 2.22. The fourth-order valence-electron chi connectivity index (χ4n) is 4.49. The fraction of sp³-hybridized carbons (Fsp3) is 0.375. The monoisotopic (exact) mass is 409 g/mol. The van der Waals surface area contributed by atoms with Crippen molar-refractivity contribution in [2.75, 3.05) is 7.11 Å². The van der Waals surface area contributed by atoms with Crippen LogP contribution < -0.4 is 0 Å². The second-order valence-electron chi connectivity index (χ2n) is 8.18. The molecule has 0 N–H and O–H groups in total. The van der Waals surface area contributed by atoms with E-state index in [2.05, 4.69) is 34.3 Å². The third-order valence-electron chi connectivity index (χ3n) is 6.03. The number of benzene rings is 2. The number of non-ortho nitro benzene ring substituents is 1. The molecule has 0 fully saturated rings. The minimum Gasteiger partial charge on any atom is -0.343 e. The highest BCUT2D eigenvalue weighted by atomic mass is 16.7. The van der Waals surface area contributed by atoms with Crippen LogP contribution in [0.4, 0.5) is 5.69 Å². The van der Waals surface area contributed by atoms with Crippen LogP contribution in [0.3, 0.4) is 0 Å². The van der Waals surface area contributed by atoms with E-state index >= 15 is 0 Å². The topological polar surface area (TPSA) is 78.7 Å². The highest BCUT2D eigenvalue weighted by Gasteiger charge is 2.58. The summed E-state index contributed by atoms with van der Waals surface area (Å²) in [4.78, 5) is 24.2. The molecular weight excluding hydrogens is 382 g/mol. The number of hydrogen-bond acceptors (Lipinski definition) is 5. The van der Waals surface area contributed by atoms with Crippen LogP contribution in [0.2, 0.25) is 0 Å². The van der Waals surface area contributed by atoms with Crippen LogP contribution in [0.5, 0.6) is 0 Å². The summed E-state index contributed by atoms with van der Waals surface area (Å²) < 4.78 is 12.5. The minimum absolute atomic E-state index is 0.0333. The first-order valence-corrected chi connectivity index (χ1v) is 9.95. The van der Waals surface area contributed by atoms with Crippen molar-refractivity contribution < 1.29 is 19.2 Å². The van der Waals surface area contributed by atoms with E-state index in [0.29, 0.717) is 16.7 Å². The van der Waals surface area contributed by atoms with Gasteiger partial charge >= 0.3 is 0 Å². The van der Waals surface area contributed by atoms with Gasteiger partial charge in [0.05, 0.1) is 4.92 Å². The molecule has 0 radical (unpaired) electrons. The predicted molar refractivity (Wildman–Crippen MR) is 115 cm³/mol. The number of nitrogens with zero attached hydrogens (tertiary/aromatic N) is 1. The van der Waals surface area contributed by atoms with Crippen LogP contribution in [-0.4, -0.2) is 23.6 Å². The number of methoxy groups -OCH3 is 1. The van der Waals surface area contributed by atoms with Crippen LogP contribution in [0, 0.1) is 22.0 Å². The Morgan fingerprint density at radius 1 is 1.07 bits per heavy atom. The first-order valence-electron chi connectivity index (χ1n) is 9.95. The van der Waals surface area contributed by atoms with E-state index in [-0.39, 0.29) is 23.3 Å². The van der Waals surface area contributed by atoms with Crippen LogP contribution in [0.25, 0.3) is 5.57 Å². The van der Waals surface area contributed by atoms with Crippen molar-refractivity contribution >= 4 is 17.0 Å². The van der Waals surface area contributed by atoms with Gasteiger partial charge in [0.25, 0.3) is 11.5 Å². The molecule has 6 nitrogen and oxygen atoms in total. The molecule has 0 aliphatic carbocycles. The van der Waals surface area contributed by atoms with Gasteiger partial charge in [-0.15, -0.1) is 0 Å². The van der Waals surface area contributed by atoms with E-state index < -0.39 is 16.3 Å². The Kier molecular flexibility index (Phi) is 5.67. The van der Waals surface area contributed by atoms with Gasteiger partial charge in [-0.25, -0.2) is 0 Å². The average molecular weight is 409 g/mol. The predicted octanol–water partition coefficient (Wildman–Crippen LogP) is 5.37. The van der Waals surface area contributed by atoms with Crippen LogP contribution >= 0.6 is 0 Å². The number of carbonyl (C=O) groups excluding carboxylic acids is 1. The zero-order valence-corrected chi connectivity index (χ0v) is 18.0. The van der Waals surface area contributed by atoms with Crippen molar-refractivity contribution in [3.8, 4) is 0 Å². The number of Topliss-reactive ketones (excluding diaryl/α,β-unsaturated/α-hetero) is 1. The van der Waals surface area contributed by atoms with Crippen molar-refractivity contribution in [3.05, 3.63) is 81.9 Å². The second-order valence-corrected chi connectivity index (χ2v) is 8.18. The van der Waals surface area contributed by atoms with Crippen molar-refractivity contribution in [1.82, 2.24) is 0 Å². The maximum absolute atomic E-state index is 13.7. The summed E-state index contributed by atoms with van der Waals surface area (Å²) in [6.45, 7) is 12.4. The van der Waals surface area contributed by atoms with Crippen molar-refractivity contribution in [2.45, 2.75) is 39.1 Å². The van der Waals surface area contributed by atoms with Gasteiger partial charge in [0, 0.05) is 30.4 Å². The second kappa shape index (κ2) is 7.78. The Morgan fingerprint density at radius 2 is 1.63 bits per heavy atom. The minimum atomic E-state index is -1.74. The van der Waals surface area contributed by atoms with E-state index in [0.717, 1.165) is 5.56 Å². The molecule has 2 aromatic rings. The molecule has 1 unspecified atom stereocenters. The Labute approximate surface area is 176 Å². The number of carbonyl (C=O) groups is 1. The average Bonchev–Trinajstić information content (AvgIpc) is 2.73. The third kappa shape index (κ3) is 3.07. The molecular formula is C24H27NO5. The molecule has 30 heavy (non-hydrogen) atoms. The molecule has 3 rings (SSSR count). The molecule has 0 spiro atoms. The molecule has 6 heteroatoms. The van der Waals surface area contributed by atoms with E-state index in [1.54, 1.807) is 18.2 Å². The van der Waals surface area contributed by atoms with E-state index in [4.69, 9.17) is 9.47 Å². The lowest BCUT2D eigenvalue weighted by atomic mass is 9.69. The SMILES string of the molecule is C=C(c1ccc([N+](=O)[O-])cc1)C1(OC)OC(C(C)C)(C(C)C)c2ccccc2C1=O. The molecule has 0 saturated carbocycles. The molecule has 0 saturated heterocycles. The third-order valence-corrected chi connectivity index (χ3v) is 6.03. The van der Waals surface area contributed by atoms with Crippen molar-refractivity contribution in [1.29, 1.82) is 0 Å². The van der Waals surface area contributed by atoms with Crippen LogP contribution in [0.15, 0.2) is 55.1 Å². The lowest BCUT2D eigenvalue weighted by molar-refractivity contribution is -0.384. The highest BCUT2D eigenvalue weighted by molar-refractivity contribution is 6.11. The van der Waals surface area contributed by atoms with Crippen LogP contribution in [0.1, 0.15) is 49.2 Å². The largest absolute Gasteiger partial charge is 0.343 e. The number of fused-ring (bicyclic) bond motifs is 1. The Hall–Kier alpha value is -2.83. The standard InChI is InChI=1S/C24H27NO5/c1-15(2)23(16(3)4)21-10-8-7-9-20(21)22(26)24(29-6,30-23)17(5)18-11-13-19(14-12-18)25(27)28/h7-16H,5H2,1-4,6H3. The summed E-state index contributed by atoms with van der Waals surface area (Å²) >= 11 is 0. The molecule has 158 valence electrons. The normalized spacial score (nSPS) is 20.3. The van der Waals surface area contributed by atoms with Gasteiger partial charge in [-0.2, -0.15) is 0 Å². The lowest BCUT2D eigenvalue weighted by Gasteiger charge is -2.52. The first-order chi connectivity index (χ1) is 14.1. The maximum Gasteiger partial charge on any atom is 0.269 e. The number of nitro benzene ring substituents is 1. The maximum atomic E-state index is 13.7. The quantitative estimate of drug-likeness (QED) is 0.473. The van der Waals surface area contributed by atoms with Gasteiger partial charge in [-0.1, -0.05) is 58.5 Å². The Bertz CT molecular complexity index is 985. The highest BCUT2D eigenvalue weighted by Crippen LogP contribution is 2.52. The van der Waals surface area contributed by atoms with Crippen molar-refractivity contribution in [2.24, 2.45) is 11.8 Å². The smallest absolute Gasteiger partial charge is 0.269 e. The zero-order chi connectivity index (χ0) is 22.3. The summed E-state index contributed by atoms with van der Waals surface area (Å²) in [6.07, 6.45) is 0. The van der Waals surface area contributed by atoms with Gasteiger partial charge < -0.3 is 9.47 Å². The summed E-state index contributed by atoms with van der Waals surface area (Å²) in [5.41, 5.74) is 1.39. The van der Waals surface area contributed by atoms with Gasteiger partial charge in [-0.3, -0.25) is 14.9 Å². The lowest BCUT2D eigenvalue weighted by Crippen LogP contribution is -2.58. The fourth-order valence-corrected chi connectivity index (χ4v) is 4.49. The van der Waals surface area contributed by atoms with Crippen LogP contribution in [-0.2, 0) is 15.1 Å². The number of nitro groups is 1. The van der Waals surface area contributed by atoms with Gasteiger partial charge in [0.2, 0.25) is 5.78 Å². The zero-order valence-electron chi connectivity index (χ0n) is 18.0. The summed E-state index contributed by atoms with van der Waals surface area (Å²) in [5.74, 6) is -2.00. The Morgan fingerprint density at radius 3 is 2.13 bits per heavy atom. The summed E-state index contributed by atoms with van der Waals surface area (Å²) in [6, 6.07) is 13.3. The molecule has 0 aromatic heterocycles. The van der Waals surface area contributed by atoms with Gasteiger partial charge in [-0.05, 0) is 35.1 Å². The molecule has 2 aromatic carbocycles. The number of rotatable bonds is 6. The first kappa shape index (κ1) is 21.9. The molecule has 1 aliphatic rings. The van der Waals surface area contributed by atoms with Gasteiger partial charge in [0.15, 0.2) is 0 Å². The summed E-state index contributed by atoms with van der Waals surface area (Å²) in [7, 11) is 1.42. The molecule has 1 atom stereocenters. The van der Waals surface area contributed by atoms with E-state index in [1.165, 1.54) is 19.2 Å². The number of hydrogen-bond donors (Lipinski definition) is 0. The summed E-state index contributed by atoms with van der Waals surface area (Å²) in [5, 5.41) is 11.0. The van der Waals surface area contributed by atoms with E-state index in [1.807, 2.05) is 18.2 Å². The van der Waals surface area contributed by atoms with Gasteiger partial charge in [0.1, 0.15) is 5.60 Å². The number of ketones is 1. The molecule has 0 amide bonds. The molecule has 1 heterocycles. The van der Waals surface area contributed by atoms with E-state index in [9.17, 15) is 14.9 Å². The van der Waals surface area contributed by atoms with Crippen molar-refractivity contribution in [3.63, 3.8) is 0 Å². The molecule has 1 aliphatic heterocycles.